The maximum absolute atomic E-state index is 12.0. The molecule has 1 amide bonds. The molecule has 1 heterocycles. The molecule has 1 aromatic heterocycles. The molecule has 110 valence electrons. The first kappa shape index (κ1) is 15.0. The Balaban J connectivity index is 1.91. The molecule has 1 aromatic carbocycles. The van der Waals surface area contributed by atoms with E-state index in [0.717, 1.165) is 17.8 Å². The summed E-state index contributed by atoms with van der Waals surface area (Å²) in [5.41, 5.74) is 2.60. The predicted molar refractivity (Wildman–Crippen MR) is 85.7 cm³/mol. The van der Waals surface area contributed by atoms with Gasteiger partial charge in [0.05, 0.1) is 0 Å². The Bertz CT molecular complexity index is 564. The molecule has 0 atom stereocenters. The van der Waals surface area contributed by atoms with Gasteiger partial charge in [-0.2, -0.15) is 0 Å². The van der Waals surface area contributed by atoms with Crippen molar-refractivity contribution in [2.75, 3.05) is 11.9 Å². The second-order valence-corrected chi connectivity index (χ2v) is 5.38. The number of carbonyl (C=O) groups excluding carboxylic acids is 1. The number of carbonyl (C=O) groups is 1. The summed E-state index contributed by atoms with van der Waals surface area (Å²) in [6, 6.07) is 11.2. The average molecular weight is 283 g/mol. The molecule has 4 nitrogen and oxygen atoms in total. The van der Waals surface area contributed by atoms with Crippen LogP contribution in [0.15, 0.2) is 48.8 Å². The highest BCUT2D eigenvalue weighted by Gasteiger charge is 2.05. The second kappa shape index (κ2) is 7.43. The number of aromatic nitrogens is 1. The van der Waals surface area contributed by atoms with E-state index in [0.29, 0.717) is 18.0 Å². The summed E-state index contributed by atoms with van der Waals surface area (Å²) in [4.78, 5) is 15.9. The Kier molecular flexibility index (Phi) is 5.32. The standard InChI is InChI=1S/C17H21N3O/c1-13(2)7-12-19-17(21)14-3-5-15(6-4-14)20-16-8-10-18-11-9-16/h3-6,8-11,13H,7,12H2,1-2H3,(H,18,20)(H,19,21). The van der Waals surface area contributed by atoms with Crippen LogP contribution in [0.4, 0.5) is 11.4 Å². The average Bonchev–Trinajstić information content (AvgIpc) is 2.48. The van der Waals surface area contributed by atoms with Crippen molar-refractivity contribution in [3.63, 3.8) is 0 Å². The van der Waals surface area contributed by atoms with E-state index < -0.39 is 0 Å². The van der Waals surface area contributed by atoms with Crippen LogP contribution in [0.2, 0.25) is 0 Å². The topological polar surface area (TPSA) is 54.0 Å². The third-order valence-corrected chi connectivity index (χ3v) is 3.12. The molecular weight excluding hydrogens is 262 g/mol. The molecule has 0 saturated carbocycles. The number of amides is 1. The Morgan fingerprint density at radius 2 is 1.67 bits per heavy atom. The van der Waals surface area contributed by atoms with Crippen LogP contribution in [-0.4, -0.2) is 17.4 Å². The molecule has 0 bridgehead atoms. The number of nitrogens with zero attached hydrogens (tertiary/aromatic N) is 1. The number of pyridine rings is 1. The Morgan fingerprint density at radius 3 is 2.29 bits per heavy atom. The molecule has 0 spiro atoms. The lowest BCUT2D eigenvalue weighted by molar-refractivity contribution is 0.0952. The third-order valence-electron chi connectivity index (χ3n) is 3.12. The monoisotopic (exact) mass is 283 g/mol. The number of anilines is 2. The molecule has 21 heavy (non-hydrogen) atoms. The lowest BCUT2D eigenvalue weighted by Gasteiger charge is -2.09. The van der Waals surface area contributed by atoms with Gasteiger partial charge in [0.15, 0.2) is 0 Å². The molecule has 0 aliphatic carbocycles. The maximum Gasteiger partial charge on any atom is 0.251 e. The van der Waals surface area contributed by atoms with Gasteiger partial charge in [0.1, 0.15) is 0 Å². The molecule has 2 N–H and O–H groups in total. The van der Waals surface area contributed by atoms with Crippen LogP contribution < -0.4 is 10.6 Å². The van der Waals surface area contributed by atoms with Gasteiger partial charge in [-0.25, -0.2) is 0 Å². The van der Waals surface area contributed by atoms with Gasteiger partial charge in [-0.15, -0.1) is 0 Å². The summed E-state index contributed by atoms with van der Waals surface area (Å²) in [7, 11) is 0. The number of hydrogen-bond acceptors (Lipinski definition) is 3. The SMILES string of the molecule is CC(C)CCNC(=O)c1ccc(Nc2ccncc2)cc1. The van der Waals surface area contributed by atoms with Gasteiger partial charge in [0.2, 0.25) is 0 Å². The predicted octanol–water partition coefficient (Wildman–Crippen LogP) is 3.60. The summed E-state index contributed by atoms with van der Waals surface area (Å²) in [6.45, 7) is 5.00. The molecule has 0 aliphatic heterocycles. The highest BCUT2D eigenvalue weighted by Crippen LogP contribution is 2.16. The fourth-order valence-electron chi connectivity index (χ4n) is 1.88. The van der Waals surface area contributed by atoms with Crippen molar-refractivity contribution in [2.24, 2.45) is 5.92 Å². The van der Waals surface area contributed by atoms with Crippen molar-refractivity contribution in [3.8, 4) is 0 Å². The number of nitrogens with one attached hydrogen (secondary N) is 2. The van der Waals surface area contributed by atoms with E-state index in [-0.39, 0.29) is 5.91 Å². The molecule has 0 saturated heterocycles. The minimum atomic E-state index is -0.0221. The Hall–Kier alpha value is -2.36. The molecule has 0 aliphatic rings. The lowest BCUT2D eigenvalue weighted by Crippen LogP contribution is -2.25. The Morgan fingerprint density at radius 1 is 1.05 bits per heavy atom. The quantitative estimate of drug-likeness (QED) is 0.851. The zero-order valence-electron chi connectivity index (χ0n) is 12.5. The zero-order chi connectivity index (χ0) is 15.1. The van der Waals surface area contributed by atoms with Gasteiger partial charge >= 0.3 is 0 Å². The second-order valence-electron chi connectivity index (χ2n) is 5.38. The van der Waals surface area contributed by atoms with Gasteiger partial charge in [0, 0.05) is 35.9 Å². The first-order valence-electron chi connectivity index (χ1n) is 7.20. The third kappa shape index (κ3) is 4.91. The van der Waals surface area contributed by atoms with E-state index in [1.807, 2.05) is 36.4 Å². The van der Waals surface area contributed by atoms with Crippen molar-refractivity contribution >= 4 is 17.3 Å². The van der Waals surface area contributed by atoms with Crippen molar-refractivity contribution in [1.82, 2.24) is 10.3 Å². The minimum absolute atomic E-state index is 0.0221. The van der Waals surface area contributed by atoms with E-state index in [9.17, 15) is 4.79 Å². The van der Waals surface area contributed by atoms with E-state index >= 15 is 0 Å². The molecule has 0 unspecified atom stereocenters. The van der Waals surface area contributed by atoms with Crippen LogP contribution in [0.5, 0.6) is 0 Å². The van der Waals surface area contributed by atoms with Crippen LogP contribution in [-0.2, 0) is 0 Å². The summed E-state index contributed by atoms with van der Waals surface area (Å²) < 4.78 is 0. The normalized spacial score (nSPS) is 10.4. The molecule has 0 fully saturated rings. The van der Waals surface area contributed by atoms with Crippen LogP contribution in [0, 0.1) is 5.92 Å². The van der Waals surface area contributed by atoms with Crippen molar-refractivity contribution < 1.29 is 4.79 Å². The number of hydrogen-bond donors (Lipinski definition) is 2. The Labute approximate surface area is 125 Å². The first-order chi connectivity index (χ1) is 10.1. The molecule has 0 radical (unpaired) electrons. The van der Waals surface area contributed by atoms with E-state index in [4.69, 9.17) is 0 Å². The van der Waals surface area contributed by atoms with E-state index in [1.165, 1.54) is 0 Å². The zero-order valence-corrected chi connectivity index (χ0v) is 12.5. The van der Waals surface area contributed by atoms with Crippen molar-refractivity contribution in [3.05, 3.63) is 54.4 Å². The first-order valence-corrected chi connectivity index (χ1v) is 7.20. The smallest absolute Gasteiger partial charge is 0.251 e. The molecular formula is C17H21N3O. The summed E-state index contributed by atoms with van der Waals surface area (Å²) in [5, 5.41) is 6.19. The van der Waals surface area contributed by atoms with Crippen LogP contribution in [0.25, 0.3) is 0 Å². The van der Waals surface area contributed by atoms with Crippen LogP contribution >= 0.6 is 0 Å². The van der Waals surface area contributed by atoms with E-state index in [1.54, 1.807) is 12.4 Å². The fraction of sp³-hybridized carbons (Fsp3) is 0.294. The van der Waals surface area contributed by atoms with E-state index in [2.05, 4.69) is 29.5 Å². The highest BCUT2D eigenvalue weighted by molar-refractivity contribution is 5.94. The van der Waals surface area contributed by atoms with Gasteiger partial charge in [-0.1, -0.05) is 13.8 Å². The summed E-state index contributed by atoms with van der Waals surface area (Å²) >= 11 is 0. The van der Waals surface area contributed by atoms with Gasteiger partial charge in [0.25, 0.3) is 5.91 Å². The van der Waals surface area contributed by atoms with Gasteiger partial charge < -0.3 is 10.6 Å². The molecule has 4 heteroatoms. The fourth-order valence-corrected chi connectivity index (χ4v) is 1.88. The van der Waals surface area contributed by atoms with Gasteiger partial charge in [-0.05, 0) is 48.7 Å². The summed E-state index contributed by atoms with van der Waals surface area (Å²) in [5.74, 6) is 0.573. The van der Waals surface area contributed by atoms with Crippen LogP contribution in [0.3, 0.4) is 0 Å². The maximum atomic E-state index is 12.0. The van der Waals surface area contributed by atoms with Crippen LogP contribution in [0.1, 0.15) is 30.6 Å². The van der Waals surface area contributed by atoms with Gasteiger partial charge in [-0.3, -0.25) is 9.78 Å². The minimum Gasteiger partial charge on any atom is -0.355 e. The lowest BCUT2D eigenvalue weighted by atomic mass is 10.1. The highest BCUT2D eigenvalue weighted by atomic mass is 16.1. The largest absolute Gasteiger partial charge is 0.355 e. The number of benzene rings is 1. The number of rotatable bonds is 6. The van der Waals surface area contributed by atoms with Crippen molar-refractivity contribution in [2.45, 2.75) is 20.3 Å². The molecule has 2 rings (SSSR count). The van der Waals surface area contributed by atoms with Crippen molar-refractivity contribution in [1.29, 1.82) is 0 Å². The molecule has 2 aromatic rings. The summed E-state index contributed by atoms with van der Waals surface area (Å²) in [6.07, 6.45) is 4.46.